The molecule has 1 N–H and O–H groups in total. The molecule has 2 rings (SSSR count). The molecule has 0 spiro atoms. The Morgan fingerprint density at radius 3 is 2.60 bits per heavy atom. The first-order chi connectivity index (χ1) is 9.47. The molecule has 0 fully saturated rings. The van der Waals surface area contributed by atoms with Gasteiger partial charge in [0, 0.05) is 36.1 Å². The van der Waals surface area contributed by atoms with E-state index < -0.39 is 0 Å². The Hall–Kier alpha value is -2.17. The Morgan fingerprint density at radius 1 is 1.25 bits per heavy atom. The minimum absolute atomic E-state index is 0.0546. The van der Waals surface area contributed by atoms with E-state index in [1.807, 2.05) is 49.8 Å². The normalized spacial score (nSPS) is 11.3. The lowest BCUT2D eigenvalue weighted by atomic mass is 9.96. The molecule has 2 heterocycles. The van der Waals surface area contributed by atoms with Crippen LogP contribution in [0.1, 0.15) is 20.8 Å². The van der Waals surface area contributed by atoms with Crippen LogP contribution in [0, 0.1) is 5.41 Å². The van der Waals surface area contributed by atoms with E-state index >= 15 is 0 Å². The predicted molar refractivity (Wildman–Crippen MR) is 77.9 cm³/mol. The molecule has 0 saturated heterocycles. The number of carbonyl (C=O) groups excluding carboxylic acids is 1. The van der Waals surface area contributed by atoms with Gasteiger partial charge in [-0.3, -0.25) is 14.5 Å². The van der Waals surface area contributed by atoms with Crippen molar-refractivity contribution >= 4 is 5.91 Å². The summed E-state index contributed by atoms with van der Waals surface area (Å²) in [6, 6.07) is 5.81. The number of nitrogens with one attached hydrogen (secondary N) is 1. The first kappa shape index (κ1) is 14.2. The molecule has 2 aromatic heterocycles. The molecular formula is C15H20N4O. The molecule has 2 aromatic rings. The minimum atomic E-state index is -0.355. The van der Waals surface area contributed by atoms with Crippen LogP contribution < -0.4 is 5.32 Å². The van der Waals surface area contributed by atoms with Crippen molar-refractivity contribution in [3.63, 3.8) is 0 Å². The van der Waals surface area contributed by atoms with Gasteiger partial charge in [0.2, 0.25) is 5.91 Å². The van der Waals surface area contributed by atoms with E-state index in [4.69, 9.17) is 0 Å². The van der Waals surface area contributed by atoms with Gasteiger partial charge >= 0.3 is 0 Å². The molecule has 0 saturated carbocycles. The number of carbonyl (C=O) groups is 1. The summed E-state index contributed by atoms with van der Waals surface area (Å²) in [5, 5.41) is 7.39. The van der Waals surface area contributed by atoms with E-state index in [0.717, 1.165) is 11.3 Å². The molecule has 0 aliphatic heterocycles. The van der Waals surface area contributed by atoms with Crippen molar-refractivity contribution in [3.05, 3.63) is 36.8 Å². The Bertz CT molecular complexity index is 569. The maximum absolute atomic E-state index is 11.7. The van der Waals surface area contributed by atoms with E-state index in [2.05, 4.69) is 15.4 Å². The zero-order valence-corrected chi connectivity index (χ0v) is 12.1. The largest absolute Gasteiger partial charge is 0.354 e. The molecule has 0 radical (unpaired) electrons. The number of pyridine rings is 1. The summed E-state index contributed by atoms with van der Waals surface area (Å²) in [6.07, 6.45) is 5.41. The van der Waals surface area contributed by atoms with Crippen LogP contribution >= 0.6 is 0 Å². The van der Waals surface area contributed by atoms with Crippen molar-refractivity contribution in [3.8, 4) is 11.3 Å². The summed E-state index contributed by atoms with van der Waals surface area (Å²) in [7, 11) is 0. The van der Waals surface area contributed by atoms with Crippen LogP contribution in [0.3, 0.4) is 0 Å². The van der Waals surface area contributed by atoms with E-state index in [1.165, 1.54) is 0 Å². The first-order valence-corrected chi connectivity index (χ1v) is 6.69. The monoisotopic (exact) mass is 272 g/mol. The van der Waals surface area contributed by atoms with Gasteiger partial charge in [-0.1, -0.05) is 20.8 Å². The van der Waals surface area contributed by atoms with Crippen molar-refractivity contribution in [2.45, 2.75) is 27.3 Å². The van der Waals surface area contributed by atoms with E-state index in [1.54, 1.807) is 12.4 Å². The Labute approximate surface area is 119 Å². The summed E-state index contributed by atoms with van der Waals surface area (Å²) in [5.41, 5.74) is 1.60. The summed E-state index contributed by atoms with van der Waals surface area (Å²) in [5.74, 6) is 0.0546. The van der Waals surface area contributed by atoms with Crippen LogP contribution in [-0.4, -0.2) is 27.2 Å². The topological polar surface area (TPSA) is 59.8 Å². The number of aromatic nitrogens is 3. The minimum Gasteiger partial charge on any atom is -0.354 e. The molecule has 106 valence electrons. The van der Waals surface area contributed by atoms with Gasteiger partial charge in [0.25, 0.3) is 0 Å². The average Bonchev–Trinajstić information content (AvgIpc) is 2.87. The van der Waals surface area contributed by atoms with Gasteiger partial charge in [-0.15, -0.1) is 0 Å². The lowest BCUT2D eigenvalue weighted by Gasteiger charge is -2.17. The van der Waals surface area contributed by atoms with Gasteiger partial charge < -0.3 is 5.32 Å². The molecule has 0 aliphatic carbocycles. The highest BCUT2D eigenvalue weighted by molar-refractivity contribution is 5.81. The third-order valence-corrected chi connectivity index (χ3v) is 2.92. The van der Waals surface area contributed by atoms with Crippen molar-refractivity contribution < 1.29 is 4.79 Å². The zero-order chi connectivity index (χ0) is 14.6. The highest BCUT2D eigenvalue weighted by Crippen LogP contribution is 2.15. The predicted octanol–water partition coefficient (Wildman–Crippen LogP) is 2.11. The lowest BCUT2D eigenvalue weighted by Crippen LogP contribution is -2.36. The van der Waals surface area contributed by atoms with Crippen LogP contribution in [-0.2, 0) is 11.3 Å². The second-order valence-corrected chi connectivity index (χ2v) is 5.71. The Morgan fingerprint density at radius 2 is 1.95 bits per heavy atom. The first-order valence-electron chi connectivity index (χ1n) is 6.69. The fraction of sp³-hybridized carbons (Fsp3) is 0.400. The van der Waals surface area contributed by atoms with Gasteiger partial charge in [0.1, 0.15) is 0 Å². The number of hydrogen-bond donors (Lipinski definition) is 1. The highest BCUT2D eigenvalue weighted by atomic mass is 16.2. The number of hydrogen-bond acceptors (Lipinski definition) is 3. The van der Waals surface area contributed by atoms with Crippen molar-refractivity contribution in [2.24, 2.45) is 5.41 Å². The second kappa shape index (κ2) is 5.86. The fourth-order valence-corrected chi connectivity index (χ4v) is 1.71. The molecule has 1 amide bonds. The third kappa shape index (κ3) is 3.66. The molecule has 5 heteroatoms. The van der Waals surface area contributed by atoms with Crippen LogP contribution in [0.4, 0.5) is 0 Å². The standard InChI is InChI=1S/C15H20N4O/c1-15(2,3)14(20)17-9-11-19-10-6-13(18-19)12-4-7-16-8-5-12/h4-8,10H,9,11H2,1-3H3,(H,17,20). The zero-order valence-electron chi connectivity index (χ0n) is 12.1. The molecule has 0 unspecified atom stereocenters. The Balaban J connectivity index is 1.90. The van der Waals surface area contributed by atoms with Crippen molar-refractivity contribution in [1.82, 2.24) is 20.1 Å². The van der Waals surface area contributed by atoms with Crippen LogP contribution in [0.25, 0.3) is 11.3 Å². The third-order valence-electron chi connectivity index (χ3n) is 2.92. The number of amides is 1. The van der Waals surface area contributed by atoms with E-state index in [-0.39, 0.29) is 11.3 Å². The summed E-state index contributed by atoms with van der Waals surface area (Å²) in [6.45, 7) is 6.94. The molecule has 20 heavy (non-hydrogen) atoms. The van der Waals surface area contributed by atoms with Gasteiger partial charge in [-0.25, -0.2) is 0 Å². The molecule has 0 aromatic carbocycles. The Kier molecular flexibility index (Phi) is 4.17. The second-order valence-electron chi connectivity index (χ2n) is 5.71. The summed E-state index contributed by atoms with van der Waals surface area (Å²) in [4.78, 5) is 15.7. The molecule has 0 bridgehead atoms. The van der Waals surface area contributed by atoms with Gasteiger partial charge in [0.05, 0.1) is 12.2 Å². The smallest absolute Gasteiger partial charge is 0.225 e. The SMILES string of the molecule is CC(C)(C)C(=O)NCCn1ccc(-c2ccncc2)n1. The molecular weight excluding hydrogens is 252 g/mol. The van der Waals surface area contributed by atoms with Gasteiger partial charge in [-0.05, 0) is 18.2 Å². The maximum atomic E-state index is 11.7. The molecule has 0 atom stereocenters. The number of rotatable bonds is 4. The number of nitrogens with zero attached hydrogens (tertiary/aromatic N) is 3. The summed E-state index contributed by atoms with van der Waals surface area (Å²) >= 11 is 0. The lowest BCUT2D eigenvalue weighted by molar-refractivity contribution is -0.128. The van der Waals surface area contributed by atoms with Crippen LogP contribution in [0.15, 0.2) is 36.8 Å². The van der Waals surface area contributed by atoms with E-state index in [9.17, 15) is 4.79 Å². The van der Waals surface area contributed by atoms with Crippen molar-refractivity contribution in [2.75, 3.05) is 6.54 Å². The van der Waals surface area contributed by atoms with Crippen LogP contribution in [0.2, 0.25) is 0 Å². The van der Waals surface area contributed by atoms with Gasteiger partial charge in [-0.2, -0.15) is 5.10 Å². The van der Waals surface area contributed by atoms with E-state index in [0.29, 0.717) is 13.1 Å². The van der Waals surface area contributed by atoms with Gasteiger partial charge in [0.15, 0.2) is 0 Å². The highest BCUT2D eigenvalue weighted by Gasteiger charge is 2.20. The molecule has 5 nitrogen and oxygen atoms in total. The van der Waals surface area contributed by atoms with Crippen LogP contribution in [0.5, 0.6) is 0 Å². The van der Waals surface area contributed by atoms with Crippen molar-refractivity contribution in [1.29, 1.82) is 0 Å². The average molecular weight is 272 g/mol. The quantitative estimate of drug-likeness (QED) is 0.927. The summed E-state index contributed by atoms with van der Waals surface area (Å²) < 4.78 is 1.83. The molecule has 0 aliphatic rings. The fourth-order valence-electron chi connectivity index (χ4n) is 1.71. The maximum Gasteiger partial charge on any atom is 0.225 e.